The Balaban J connectivity index is 1.60. The van der Waals surface area contributed by atoms with E-state index in [9.17, 15) is 13.2 Å². The van der Waals surface area contributed by atoms with Crippen molar-refractivity contribution in [2.45, 2.75) is 64.5 Å². The van der Waals surface area contributed by atoms with Crippen molar-refractivity contribution in [3.63, 3.8) is 0 Å². The van der Waals surface area contributed by atoms with Crippen LogP contribution >= 0.6 is 0 Å². The van der Waals surface area contributed by atoms with Crippen molar-refractivity contribution in [2.75, 3.05) is 24.4 Å². The summed E-state index contributed by atoms with van der Waals surface area (Å²) >= 11 is 0. The molecule has 2 N–H and O–H groups in total. The number of amides is 1. The zero-order chi connectivity index (χ0) is 28.7. The smallest absolute Gasteiger partial charge is 0.264 e. The molecule has 3 aromatic rings. The normalized spacial score (nSPS) is 21.0. The highest BCUT2D eigenvalue weighted by molar-refractivity contribution is 7.92. The number of piperidine rings is 1. The molecule has 2 aliphatic heterocycles. The Labute approximate surface area is 236 Å². The fourth-order valence-corrected chi connectivity index (χ4v) is 6.22. The van der Waals surface area contributed by atoms with Crippen molar-refractivity contribution < 1.29 is 17.9 Å². The predicted molar refractivity (Wildman–Crippen MR) is 155 cm³/mol. The number of nitrogens with one attached hydrogen (secondary N) is 2. The topological polar surface area (TPSA) is 114 Å². The van der Waals surface area contributed by atoms with Crippen molar-refractivity contribution in [1.82, 2.24) is 20.2 Å². The van der Waals surface area contributed by atoms with Gasteiger partial charge in [0.05, 0.1) is 16.6 Å². The highest BCUT2D eigenvalue weighted by Crippen LogP contribution is 2.31. The first kappa shape index (κ1) is 28.0. The summed E-state index contributed by atoms with van der Waals surface area (Å²) in [6.45, 7) is 13.0. The minimum atomic E-state index is -4.08. The Morgan fingerprint density at radius 1 is 1.05 bits per heavy atom. The van der Waals surface area contributed by atoms with Gasteiger partial charge in [-0.1, -0.05) is 45.0 Å². The number of ether oxygens (including phenoxy) is 1. The van der Waals surface area contributed by atoms with Gasteiger partial charge < -0.3 is 10.1 Å². The summed E-state index contributed by atoms with van der Waals surface area (Å²) in [5, 5.41) is 3.11. The molecule has 0 radical (unpaired) electrons. The maximum atomic E-state index is 13.3. The van der Waals surface area contributed by atoms with Gasteiger partial charge in [0, 0.05) is 30.3 Å². The van der Waals surface area contributed by atoms with E-state index in [1.807, 2.05) is 32.0 Å². The first-order valence-electron chi connectivity index (χ1n) is 13.7. The summed E-state index contributed by atoms with van der Waals surface area (Å²) in [4.78, 5) is 24.7. The zero-order valence-electron chi connectivity index (χ0n) is 23.7. The fourth-order valence-electron chi connectivity index (χ4n) is 5.23. The van der Waals surface area contributed by atoms with Crippen molar-refractivity contribution in [1.29, 1.82) is 0 Å². The molecule has 1 fully saturated rings. The van der Waals surface area contributed by atoms with Gasteiger partial charge in [0.2, 0.25) is 11.8 Å². The molecule has 0 saturated carbocycles. The lowest BCUT2D eigenvalue weighted by Gasteiger charge is -2.39. The molecule has 1 aromatic heterocycles. The second-order valence-corrected chi connectivity index (χ2v) is 13.6. The summed E-state index contributed by atoms with van der Waals surface area (Å²) in [5.74, 6) is -0.179. The lowest BCUT2D eigenvalue weighted by molar-refractivity contribution is 0.0460. The van der Waals surface area contributed by atoms with E-state index in [0.717, 1.165) is 36.2 Å². The highest BCUT2D eigenvalue weighted by Gasteiger charge is 2.34. The van der Waals surface area contributed by atoms with Crippen LogP contribution in [0.5, 0.6) is 5.88 Å². The predicted octanol–water partition coefficient (Wildman–Crippen LogP) is 4.56. The van der Waals surface area contributed by atoms with Gasteiger partial charge in [-0.05, 0) is 68.0 Å². The average Bonchev–Trinajstić information content (AvgIpc) is 2.87. The molecule has 212 valence electrons. The van der Waals surface area contributed by atoms with Crippen LogP contribution in [-0.4, -0.2) is 61.0 Å². The molecule has 1 saturated heterocycles. The molecular weight excluding hydrogens is 526 g/mol. The van der Waals surface area contributed by atoms with Gasteiger partial charge in [-0.15, -0.1) is 0 Å². The third-order valence-electron chi connectivity index (χ3n) is 7.48. The van der Waals surface area contributed by atoms with Gasteiger partial charge in [-0.25, -0.2) is 18.1 Å². The lowest BCUT2D eigenvalue weighted by Crippen LogP contribution is -2.56. The molecule has 10 heteroatoms. The minimum absolute atomic E-state index is 0.0449. The van der Waals surface area contributed by atoms with E-state index in [4.69, 9.17) is 4.74 Å². The number of hydrogen-bond acceptors (Lipinski definition) is 7. The molecule has 3 heterocycles. The number of aryl methyl sites for hydroxylation is 2. The Bertz CT molecular complexity index is 1510. The zero-order valence-corrected chi connectivity index (χ0v) is 24.5. The molecule has 2 unspecified atom stereocenters. The number of anilines is 1. The number of benzene rings is 2. The van der Waals surface area contributed by atoms with E-state index < -0.39 is 16.1 Å². The molecule has 2 atom stereocenters. The molecule has 0 spiro atoms. The van der Waals surface area contributed by atoms with Crippen LogP contribution in [0.3, 0.4) is 0 Å². The molecule has 40 heavy (non-hydrogen) atoms. The second kappa shape index (κ2) is 10.8. The highest BCUT2D eigenvalue weighted by atomic mass is 32.2. The Kier molecular flexibility index (Phi) is 7.58. The fraction of sp³-hybridized carbons (Fsp3) is 0.433. The number of rotatable bonds is 3. The molecular formula is C30H37N5O4S. The van der Waals surface area contributed by atoms with E-state index >= 15 is 0 Å². The summed E-state index contributed by atoms with van der Waals surface area (Å²) in [5.41, 5.74) is 3.91. The van der Waals surface area contributed by atoms with Gasteiger partial charge in [0.15, 0.2) is 0 Å². The number of hydrogen-bond donors (Lipinski definition) is 2. The SMILES string of the molecule is Cc1cccc(C)c1-c1cc2nc(n1)NS(=O)(=O)c1cccc(c1)C(=O)NC1CCN(CCC(C)(C)C)CC1O2. The summed E-state index contributed by atoms with van der Waals surface area (Å²) in [7, 11) is -4.08. The number of likely N-dealkylation sites (tertiary alicyclic amines) is 1. The van der Waals surface area contributed by atoms with Crippen LogP contribution in [0.1, 0.15) is 55.1 Å². The average molecular weight is 564 g/mol. The Hall–Kier alpha value is -3.50. The van der Waals surface area contributed by atoms with Crippen LogP contribution in [0.2, 0.25) is 0 Å². The van der Waals surface area contributed by atoms with Gasteiger partial charge in [-0.2, -0.15) is 4.98 Å². The summed E-state index contributed by atoms with van der Waals surface area (Å²) < 4.78 is 35.7. The number of sulfonamides is 1. The third-order valence-corrected chi connectivity index (χ3v) is 8.81. The van der Waals surface area contributed by atoms with Crippen molar-refractivity contribution in [3.8, 4) is 17.1 Å². The molecule has 9 nitrogen and oxygen atoms in total. The molecule has 1 amide bonds. The van der Waals surface area contributed by atoms with Gasteiger partial charge >= 0.3 is 0 Å². The van der Waals surface area contributed by atoms with E-state index in [-0.39, 0.29) is 39.7 Å². The van der Waals surface area contributed by atoms with Crippen molar-refractivity contribution in [3.05, 3.63) is 65.2 Å². The number of nitrogens with zero attached hydrogens (tertiary/aromatic N) is 3. The second-order valence-electron chi connectivity index (χ2n) is 12.0. The van der Waals surface area contributed by atoms with Crippen LogP contribution in [0.15, 0.2) is 53.4 Å². The number of fused-ring (bicyclic) bond motifs is 5. The van der Waals surface area contributed by atoms with Crippen LogP contribution in [-0.2, 0) is 10.0 Å². The number of carbonyl (C=O) groups excluding carboxylic acids is 1. The first-order valence-corrected chi connectivity index (χ1v) is 15.1. The van der Waals surface area contributed by atoms with E-state index in [0.29, 0.717) is 18.7 Å². The minimum Gasteiger partial charge on any atom is -0.471 e. The maximum Gasteiger partial charge on any atom is 0.264 e. The van der Waals surface area contributed by atoms with Crippen LogP contribution in [0.25, 0.3) is 11.3 Å². The first-order chi connectivity index (χ1) is 18.9. The lowest BCUT2D eigenvalue weighted by atomic mass is 9.91. The number of carbonyl (C=O) groups is 1. The molecule has 2 aromatic carbocycles. The monoisotopic (exact) mass is 563 g/mol. The molecule has 5 rings (SSSR count). The van der Waals surface area contributed by atoms with E-state index in [1.54, 1.807) is 18.2 Å². The summed E-state index contributed by atoms with van der Waals surface area (Å²) in [6, 6.07) is 13.4. The Morgan fingerprint density at radius 3 is 2.50 bits per heavy atom. The Morgan fingerprint density at radius 2 is 1.77 bits per heavy atom. The van der Waals surface area contributed by atoms with Gasteiger partial charge in [0.1, 0.15) is 6.10 Å². The van der Waals surface area contributed by atoms with Crippen LogP contribution < -0.4 is 14.8 Å². The van der Waals surface area contributed by atoms with Crippen molar-refractivity contribution in [2.24, 2.45) is 5.41 Å². The van der Waals surface area contributed by atoms with Crippen molar-refractivity contribution >= 4 is 21.9 Å². The van der Waals surface area contributed by atoms with E-state index in [2.05, 4.69) is 45.7 Å². The van der Waals surface area contributed by atoms with Crippen LogP contribution in [0, 0.1) is 19.3 Å². The molecule has 4 bridgehead atoms. The quantitative estimate of drug-likeness (QED) is 0.480. The van der Waals surface area contributed by atoms with E-state index in [1.165, 1.54) is 12.1 Å². The largest absolute Gasteiger partial charge is 0.471 e. The van der Waals surface area contributed by atoms with Gasteiger partial charge in [0.25, 0.3) is 15.9 Å². The summed E-state index contributed by atoms with van der Waals surface area (Å²) in [6.07, 6.45) is 1.32. The maximum absolute atomic E-state index is 13.3. The van der Waals surface area contributed by atoms with Crippen LogP contribution in [0.4, 0.5) is 5.95 Å². The molecule has 2 aliphatic rings. The number of aromatic nitrogens is 2. The standard InChI is InChI=1S/C30H37N5O4S/c1-19-8-6-9-20(2)27(19)24-17-26-33-29(32-24)34-40(37,38)22-11-7-10-21(16-22)28(36)31-23-12-14-35(18-25(23)39-26)15-13-30(3,4)5/h6-11,16-17,23,25H,12-15,18H2,1-5H3,(H,31,36)(H,32,33,34). The third kappa shape index (κ3) is 6.28. The van der Waals surface area contributed by atoms with Gasteiger partial charge in [-0.3, -0.25) is 9.69 Å². The molecule has 0 aliphatic carbocycles.